The van der Waals surface area contributed by atoms with Crippen LogP contribution >= 0.6 is 0 Å². The molecule has 0 N–H and O–H groups in total. The Balaban J connectivity index is 1.76. The molecule has 0 atom stereocenters. The zero-order chi connectivity index (χ0) is 16.4. The normalized spacial score (nSPS) is 21.7. The number of tetrazole rings is 1. The Kier molecular flexibility index (Phi) is 4.35. The molecule has 1 aliphatic heterocycles. The number of nitrogens with zero attached hydrogens (tertiary/aromatic N) is 5. The van der Waals surface area contributed by atoms with Crippen molar-refractivity contribution in [2.75, 3.05) is 13.1 Å². The van der Waals surface area contributed by atoms with E-state index in [9.17, 15) is 0 Å². The lowest BCUT2D eigenvalue weighted by atomic mass is 9.78. The van der Waals surface area contributed by atoms with Crippen LogP contribution in [-0.4, -0.2) is 38.2 Å². The van der Waals surface area contributed by atoms with Crippen molar-refractivity contribution in [3.8, 4) is 5.69 Å². The number of hydrogen-bond acceptors (Lipinski definition) is 4. The minimum absolute atomic E-state index is 0.0209. The smallest absolute Gasteiger partial charge is 0.176 e. The van der Waals surface area contributed by atoms with Crippen molar-refractivity contribution in [2.45, 2.75) is 63.8 Å². The summed E-state index contributed by atoms with van der Waals surface area (Å²) in [5.41, 5.74) is 2.35. The van der Waals surface area contributed by atoms with Crippen LogP contribution in [0.1, 0.15) is 62.8 Å². The molecule has 1 saturated heterocycles. The highest BCUT2D eigenvalue weighted by Gasteiger charge is 2.44. The number of aromatic nitrogens is 4. The predicted octanol–water partition coefficient (Wildman–Crippen LogP) is 3.62. The van der Waals surface area contributed by atoms with Gasteiger partial charge in [0.15, 0.2) is 5.82 Å². The maximum Gasteiger partial charge on any atom is 0.176 e. The molecule has 2 aromatic rings. The number of benzene rings is 1. The highest BCUT2D eigenvalue weighted by molar-refractivity contribution is 5.35. The van der Waals surface area contributed by atoms with E-state index in [0.717, 1.165) is 11.5 Å². The molecule has 128 valence electrons. The van der Waals surface area contributed by atoms with E-state index in [0.29, 0.717) is 0 Å². The average molecular weight is 325 g/mol. The first-order valence-corrected chi connectivity index (χ1v) is 9.41. The van der Waals surface area contributed by atoms with Crippen LogP contribution in [0.3, 0.4) is 0 Å². The molecule has 1 aromatic heterocycles. The third-order valence-electron chi connectivity index (χ3n) is 5.81. The Labute approximate surface area is 144 Å². The van der Waals surface area contributed by atoms with Crippen LogP contribution in [0.5, 0.6) is 0 Å². The van der Waals surface area contributed by atoms with E-state index in [1.54, 1.807) is 0 Å². The van der Waals surface area contributed by atoms with Crippen LogP contribution in [0, 0.1) is 6.92 Å². The lowest BCUT2D eigenvalue weighted by molar-refractivity contribution is 0.0213. The standard InChI is InChI=1S/C19H27N5/c1-16-8-10-17(11-9-16)24-18(20-21-22-24)19(12-4-2-5-13-19)23-14-6-3-7-15-23/h8-11H,2-7,12-15H2,1H3. The fourth-order valence-corrected chi connectivity index (χ4v) is 4.48. The van der Waals surface area contributed by atoms with Gasteiger partial charge in [0.2, 0.25) is 0 Å². The van der Waals surface area contributed by atoms with Crippen molar-refractivity contribution in [1.82, 2.24) is 25.1 Å². The van der Waals surface area contributed by atoms with Gasteiger partial charge in [-0.05, 0) is 68.3 Å². The van der Waals surface area contributed by atoms with E-state index in [4.69, 9.17) is 0 Å². The number of piperidine rings is 1. The Morgan fingerprint density at radius 3 is 2.25 bits per heavy atom. The van der Waals surface area contributed by atoms with Crippen molar-refractivity contribution in [3.05, 3.63) is 35.7 Å². The first-order valence-electron chi connectivity index (χ1n) is 9.41. The Bertz CT molecular complexity index is 663. The van der Waals surface area contributed by atoms with E-state index in [2.05, 4.69) is 51.6 Å². The molecule has 24 heavy (non-hydrogen) atoms. The average Bonchev–Trinajstić information content (AvgIpc) is 3.14. The summed E-state index contributed by atoms with van der Waals surface area (Å²) in [6.45, 7) is 4.47. The Morgan fingerprint density at radius 1 is 0.875 bits per heavy atom. The summed E-state index contributed by atoms with van der Waals surface area (Å²) in [6, 6.07) is 8.52. The summed E-state index contributed by atoms with van der Waals surface area (Å²) in [4.78, 5) is 2.69. The van der Waals surface area contributed by atoms with Crippen LogP contribution in [0.15, 0.2) is 24.3 Å². The summed E-state index contributed by atoms with van der Waals surface area (Å²) < 4.78 is 1.99. The highest BCUT2D eigenvalue weighted by Crippen LogP contribution is 2.43. The second kappa shape index (κ2) is 6.63. The van der Waals surface area contributed by atoms with Gasteiger partial charge >= 0.3 is 0 Å². The molecule has 1 aliphatic carbocycles. The zero-order valence-corrected chi connectivity index (χ0v) is 14.6. The SMILES string of the molecule is Cc1ccc(-n2nnnc2C2(N3CCCCC3)CCCCC2)cc1. The van der Waals surface area contributed by atoms with Crippen LogP contribution in [-0.2, 0) is 5.54 Å². The summed E-state index contributed by atoms with van der Waals surface area (Å²) in [7, 11) is 0. The van der Waals surface area contributed by atoms with Gasteiger partial charge in [0.25, 0.3) is 0 Å². The lowest BCUT2D eigenvalue weighted by Crippen LogP contribution is -2.51. The molecular weight excluding hydrogens is 298 g/mol. The maximum absolute atomic E-state index is 4.55. The largest absolute Gasteiger partial charge is 0.291 e. The van der Waals surface area contributed by atoms with Crippen molar-refractivity contribution in [2.24, 2.45) is 0 Å². The van der Waals surface area contributed by atoms with Crippen LogP contribution in [0.4, 0.5) is 0 Å². The molecule has 5 nitrogen and oxygen atoms in total. The van der Waals surface area contributed by atoms with E-state index in [1.165, 1.54) is 70.0 Å². The summed E-state index contributed by atoms with van der Waals surface area (Å²) >= 11 is 0. The topological polar surface area (TPSA) is 46.8 Å². The number of rotatable bonds is 3. The van der Waals surface area contributed by atoms with Gasteiger partial charge in [-0.15, -0.1) is 5.10 Å². The number of aryl methyl sites for hydroxylation is 1. The van der Waals surface area contributed by atoms with Crippen LogP contribution < -0.4 is 0 Å². The second-order valence-corrected chi connectivity index (χ2v) is 7.39. The number of hydrogen-bond donors (Lipinski definition) is 0. The molecule has 2 aliphatic rings. The molecule has 2 fully saturated rings. The van der Waals surface area contributed by atoms with Gasteiger partial charge in [-0.1, -0.05) is 43.4 Å². The van der Waals surface area contributed by atoms with Crippen molar-refractivity contribution < 1.29 is 0 Å². The van der Waals surface area contributed by atoms with E-state index in [1.807, 2.05) is 4.68 Å². The zero-order valence-electron chi connectivity index (χ0n) is 14.6. The van der Waals surface area contributed by atoms with Gasteiger partial charge in [-0.3, -0.25) is 4.90 Å². The first kappa shape index (κ1) is 15.8. The third kappa shape index (κ3) is 2.75. The summed E-state index contributed by atoms with van der Waals surface area (Å²) in [5.74, 6) is 1.05. The minimum atomic E-state index is 0.0209. The van der Waals surface area contributed by atoms with Gasteiger partial charge in [0, 0.05) is 0 Å². The fraction of sp³-hybridized carbons (Fsp3) is 0.632. The molecule has 0 radical (unpaired) electrons. The molecular formula is C19H27N5. The first-order chi connectivity index (χ1) is 11.8. The van der Waals surface area contributed by atoms with Gasteiger partial charge in [0.05, 0.1) is 11.2 Å². The maximum atomic E-state index is 4.55. The molecule has 4 rings (SSSR count). The van der Waals surface area contributed by atoms with Crippen LogP contribution in [0.2, 0.25) is 0 Å². The molecule has 2 heterocycles. The van der Waals surface area contributed by atoms with E-state index in [-0.39, 0.29) is 5.54 Å². The monoisotopic (exact) mass is 325 g/mol. The molecule has 0 spiro atoms. The van der Waals surface area contributed by atoms with Gasteiger partial charge in [-0.25, -0.2) is 0 Å². The summed E-state index contributed by atoms with van der Waals surface area (Å²) in [5, 5.41) is 13.0. The Hall–Kier alpha value is -1.75. The number of likely N-dealkylation sites (tertiary alicyclic amines) is 1. The predicted molar refractivity (Wildman–Crippen MR) is 94.1 cm³/mol. The highest BCUT2D eigenvalue weighted by atomic mass is 15.6. The fourth-order valence-electron chi connectivity index (χ4n) is 4.48. The summed E-state index contributed by atoms with van der Waals surface area (Å²) in [6.07, 6.45) is 10.2. The van der Waals surface area contributed by atoms with E-state index < -0.39 is 0 Å². The molecule has 0 amide bonds. The third-order valence-corrected chi connectivity index (χ3v) is 5.81. The molecule has 0 unspecified atom stereocenters. The van der Waals surface area contributed by atoms with Gasteiger partial charge < -0.3 is 0 Å². The quantitative estimate of drug-likeness (QED) is 0.865. The van der Waals surface area contributed by atoms with Crippen molar-refractivity contribution in [3.63, 3.8) is 0 Å². The molecule has 0 bridgehead atoms. The molecule has 1 aromatic carbocycles. The van der Waals surface area contributed by atoms with E-state index >= 15 is 0 Å². The lowest BCUT2D eigenvalue weighted by Gasteiger charge is -2.47. The van der Waals surface area contributed by atoms with Crippen molar-refractivity contribution >= 4 is 0 Å². The molecule has 1 saturated carbocycles. The van der Waals surface area contributed by atoms with Gasteiger partial charge in [0.1, 0.15) is 0 Å². The van der Waals surface area contributed by atoms with Crippen molar-refractivity contribution in [1.29, 1.82) is 0 Å². The van der Waals surface area contributed by atoms with Crippen LogP contribution in [0.25, 0.3) is 5.69 Å². The second-order valence-electron chi connectivity index (χ2n) is 7.39. The Morgan fingerprint density at radius 2 is 1.54 bits per heavy atom. The minimum Gasteiger partial charge on any atom is -0.291 e. The molecule has 5 heteroatoms. The van der Waals surface area contributed by atoms with Gasteiger partial charge in [-0.2, -0.15) is 4.68 Å².